The van der Waals surface area contributed by atoms with Crippen molar-refractivity contribution in [1.29, 1.82) is 0 Å². The number of nitrogens with zero attached hydrogens (tertiary/aromatic N) is 3. The number of pyridine rings is 1. The fraction of sp³-hybridized carbons (Fsp3) is 0.278. The molecular weight excluding hydrogens is 406 g/mol. The van der Waals surface area contributed by atoms with E-state index in [1.807, 2.05) is 0 Å². The predicted molar refractivity (Wildman–Crippen MR) is 104 cm³/mol. The smallest absolute Gasteiger partial charge is 0.294 e. The molecule has 0 saturated heterocycles. The van der Waals surface area contributed by atoms with Crippen LogP contribution in [0.25, 0.3) is 11.0 Å². The van der Waals surface area contributed by atoms with Crippen molar-refractivity contribution < 1.29 is 21.9 Å². The van der Waals surface area contributed by atoms with Gasteiger partial charge in [-0.3, -0.25) is 9.36 Å². The number of benzene rings is 1. The summed E-state index contributed by atoms with van der Waals surface area (Å²) in [5.74, 6) is -2.13. The normalized spacial score (nSPS) is 12.7. The molecule has 154 valence electrons. The molecule has 8 nitrogen and oxygen atoms in total. The monoisotopic (exact) mass is 424 g/mol. The fourth-order valence-corrected chi connectivity index (χ4v) is 3.74. The molecular formula is C18H18F2N4O4S. The van der Waals surface area contributed by atoms with Gasteiger partial charge in [-0.15, -0.1) is 0 Å². The Balaban J connectivity index is 1.94. The van der Waals surface area contributed by atoms with Crippen molar-refractivity contribution >= 4 is 26.8 Å². The van der Waals surface area contributed by atoms with Crippen LogP contribution in [0.5, 0.6) is 11.5 Å². The van der Waals surface area contributed by atoms with E-state index >= 15 is 0 Å². The van der Waals surface area contributed by atoms with Crippen LogP contribution in [0.4, 0.5) is 14.7 Å². The average Bonchev–Trinajstić information content (AvgIpc) is 2.60. The van der Waals surface area contributed by atoms with Gasteiger partial charge >= 0.3 is 0 Å². The standard InChI is InChI=1S/C18H18F2N4O4S/c1-10(9-29(3,26)27)22-18-21-8-11-6-15(17(25)24(2)16(11)23-18)28-14-5-4-12(19)7-13(14)20/h4-8,10H,9H2,1-3H3,(H,21,22,23)/t10-/m1/s1. The Hall–Kier alpha value is -3.08. The zero-order valence-corrected chi connectivity index (χ0v) is 16.6. The second-order valence-corrected chi connectivity index (χ2v) is 8.84. The first-order valence-corrected chi connectivity index (χ1v) is 10.5. The summed E-state index contributed by atoms with van der Waals surface area (Å²) < 4.78 is 56.2. The maximum absolute atomic E-state index is 13.8. The van der Waals surface area contributed by atoms with Crippen LogP contribution in [0.2, 0.25) is 0 Å². The highest BCUT2D eigenvalue weighted by atomic mass is 32.2. The molecule has 1 atom stereocenters. The molecule has 0 spiro atoms. The van der Waals surface area contributed by atoms with Crippen LogP contribution in [-0.2, 0) is 16.9 Å². The molecule has 0 aliphatic heterocycles. The third-order valence-electron chi connectivity index (χ3n) is 3.96. The number of aromatic nitrogens is 3. The number of hydrogen-bond donors (Lipinski definition) is 1. The van der Waals surface area contributed by atoms with Crippen molar-refractivity contribution in [3.63, 3.8) is 0 Å². The maximum atomic E-state index is 13.8. The number of halogens is 2. The summed E-state index contributed by atoms with van der Waals surface area (Å²) in [6.45, 7) is 1.67. The first-order chi connectivity index (χ1) is 13.5. The number of ether oxygens (including phenoxy) is 1. The van der Waals surface area contributed by atoms with E-state index < -0.39 is 33.1 Å². The van der Waals surface area contributed by atoms with Crippen molar-refractivity contribution in [3.8, 4) is 11.5 Å². The average molecular weight is 424 g/mol. The zero-order valence-electron chi connectivity index (χ0n) is 15.8. The van der Waals surface area contributed by atoms with Crippen molar-refractivity contribution in [2.75, 3.05) is 17.3 Å². The SMILES string of the molecule is C[C@H](CS(C)(=O)=O)Nc1ncc2cc(Oc3ccc(F)cc3F)c(=O)n(C)c2n1. The van der Waals surface area contributed by atoms with Gasteiger partial charge in [0.1, 0.15) is 21.3 Å². The van der Waals surface area contributed by atoms with Crippen LogP contribution in [0.15, 0.2) is 35.3 Å². The first-order valence-electron chi connectivity index (χ1n) is 8.47. The Morgan fingerprint density at radius 3 is 2.62 bits per heavy atom. The van der Waals surface area contributed by atoms with Gasteiger partial charge in [-0.2, -0.15) is 4.98 Å². The summed E-state index contributed by atoms with van der Waals surface area (Å²) in [4.78, 5) is 20.9. The zero-order chi connectivity index (χ0) is 21.3. The van der Waals surface area contributed by atoms with Crippen LogP contribution in [0.1, 0.15) is 6.92 Å². The van der Waals surface area contributed by atoms with Crippen molar-refractivity contribution in [1.82, 2.24) is 14.5 Å². The number of sulfone groups is 1. The van der Waals surface area contributed by atoms with Crippen molar-refractivity contribution in [2.24, 2.45) is 7.05 Å². The second-order valence-electron chi connectivity index (χ2n) is 6.66. The van der Waals surface area contributed by atoms with Gasteiger partial charge in [0.25, 0.3) is 5.56 Å². The number of fused-ring (bicyclic) bond motifs is 1. The van der Waals surface area contributed by atoms with Crippen LogP contribution >= 0.6 is 0 Å². The van der Waals surface area contributed by atoms with Crippen LogP contribution < -0.4 is 15.6 Å². The van der Waals surface area contributed by atoms with Gasteiger partial charge in [-0.25, -0.2) is 22.2 Å². The summed E-state index contributed by atoms with van der Waals surface area (Å²) in [6.07, 6.45) is 2.55. The molecule has 1 N–H and O–H groups in total. The van der Waals surface area contributed by atoms with Crippen LogP contribution in [0, 0.1) is 11.6 Å². The second kappa shape index (κ2) is 7.74. The highest BCUT2D eigenvalue weighted by Gasteiger charge is 2.15. The van der Waals surface area contributed by atoms with Gasteiger partial charge in [-0.05, 0) is 25.1 Å². The summed E-state index contributed by atoms with van der Waals surface area (Å²) in [5, 5.41) is 3.31. The molecule has 0 bridgehead atoms. The predicted octanol–water partition coefficient (Wildman–Crippen LogP) is 2.24. The minimum atomic E-state index is -3.19. The first kappa shape index (κ1) is 20.6. The Morgan fingerprint density at radius 1 is 1.24 bits per heavy atom. The third-order valence-corrected chi connectivity index (χ3v) is 5.06. The topological polar surface area (TPSA) is 103 Å². The molecule has 11 heteroatoms. The molecule has 0 aliphatic rings. The van der Waals surface area contributed by atoms with Gasteiger partial charge in [0.05, 0.1) is 5.75 Å². The Kier molecular flexibility index (Phi) is 5.51. The van der Waals surface area contributed by atoms with E-state index in [4.69, 9.17) is 4.74 Å². The molecule has 3 aromatic rings. The van der Waals surface area contributed by atoms with Gasteiger partial charge in [0, 0.05) is 37.0 Å². The minimum Gasteiger partial charge on any atom is -0.448 e. The summed E-state index contributed by atoms with van der Waals surface area (Å²) in [6, 6.07) is 3.66. The van der Waals surface area contributed by atoms with E-state index in [0.717, 1.165) is 18.4 Å². The molecule has 0 saturated carbocycles. The fourth-order valence-electron chi connectivity index (χ4n) is 2.75. The van der Waals surface area contributed by atoms with Gasteiger partial charge in [0.2, 0.25) is 5.95 Å². The van der Waals surface area contributed by atoms with E-state index in [1.54, 1.807) is 6.92 Å². The van der Waals surface area contributed by atoms with E-state index in [1.165, 1.54) is 23.9 Å². The van der Waals surface area contributed by atoms with Crippen molar-refractivity contribution in [3.05, 3.63) is 52.5 Å². The van der Waals surface area contributed by atoms with Crippen molar-refractivity contribution in [2.45, 2.75) is 13.0 Å². The molecule has 1 aromatic carbocycles. The molecule has 29 heavy (non-hydrogen) atoms. The number of nitrogens with one attached hydrogen (secondary N) is 1. The largest absolute Gasteiger partial charge is 0.448 e. The molecule has 0 fully saturated rings. The van der Waals surface area contributed by atoms with Crippen LogP contribution in [0.3, 0.4) is 0 Å². The number of hydrogen-bond acceptors (Lipinski definition) is 7. The third kappa shape index (κ3) is 4.86. The van der Waals surface area contributed by atoms with Gasteiger partial charge < -0.3 is 10.1 Å². The number of rotatable bonds is 6. The molecule has 0 aliphatic carbocycles. The lowest BCUT2D eigenvalue weighted by molar-refractivity contribution is 0.430. The molecule has 3 rings (SSSR count). The Labute approximate surface area is 165 Å². The van der Waals surface area contributed by atoms with Gasteiger partial charge in [0.15, 0.2) is 17.3 Å². The van der Waals surface area contributed by atoms with E-state index in [2.05, 4.69) is 15.3 Å². The lowest BCUT2D eigenvalue weighted by Crippen LogP contribution is -2.26. The Morgan fingerprint density at radius 2 is 1.97 bits per heavy atom. The molecule has 2 aromatic heterocycles. The summed E-state index contributed by atoms with van der Waals surface area (Å²) in [7, 11) is -1.73. The number of anilines is 1. The minimum absolute atomic E-state index is 0.108. The maximum Gasteiger partial charge on any atom is 0.294 e. The molecule has 0 radical (unpaired) electrons. The highest BCUT2D eigenvalue weighted by molar-refractivity contribution is 7.90. The number of aryl methyl sites for hydroxylation is 1. The lowest BCUT2D eigenvalue weighted by Gasteiger charge is -2.14. The highest BCUT2D eigenvalue weighted by Crippen LogP contribution is 2.25. The van der Waals surface area contributed by atoms with Gasteiger partial charge in [-0.1, -0.05) is 0 Å². The molecule has 0 unspecified atom stereocenters. The Bertz CT molecular complexity index is 1240. The summed E-state index contributed by atoms with van der Waals surface area (Å²) >= 11 is 0. The molecule has 0 amide bonds. The van der Waals surface area contributed by atoms with E-state index in [9.17, 15) is 22.0 Å². The quantitative estimate of drug-likeness (QED) is 0.647. The lowest BCUT2D eigenvalue weighted by atomic mass is 10.3. The summed E-state index contributed by atoms with van der Waals surface area (Å²) in [5.41, 5.74) is -0.318. The van der Waals surface area contributed by atoms with Crippen LogP contribution in [-0.4, -0.2) is 41.0 Å². The van der Waals surface area contributed by atoms with E-state index in [-0.39, 0.29) is 28.8 Å². The van der Waals surface area contributed by atoms with E-state index in [0.29, 0.717) is 11.5 Å². The molecule has 2 heterocycles.